The highest BCUT2D eigenvalue weighted by Gasteiger charge is 2.54. The number of rotatable bonds is 4. The summed E-state index contributed by atoms with van der Waals surface area (Å²) in [7, 11) is 0. The SMILES string of the molecule is O=C(O)CN1C(=O)NC2(CCN(C(=O)[C@H]3C[C@@H]3c3ccccc3)CC2)C1=O. The lowest BCUT2D eigenvalue weighted by Gasteiger charge is -2.37. The van der Waals surface area contributed by atoms with E-state index in [0.29, 0.717) is 25.9 Å². The first kappa shape index (κ1) is 17.5. The molecule has 0 aromatic heterocycles. The van der Waals surface area contributed by atoms with Crippen LogP contribution in [0.5, 0.6) is 0 Å². The zero-order chi connectivity index (χ0) is 19.2. The van der Waals surface area contributed by atoms with Gasteiger partial charge in [-0.3, -0.25) is 19.3 Å². The summed E-state index contributed by atoms with van der Waals surface area (Å²) >= 11 is 0. The summed E-state index contributed by atoms with van der Waals surface area (Å²) in [5.41, 5.74) is 0.0954. The molecule has 8 nitrogen and oxygen atoms in total. The number of carbonyl (C=O) groups excluding carboxylic acids is 3. The minimum Gasteiger partial charge on any atom is -0.480 e. The number of nitrogens with one attached hydrogen (secondary N) is 1. The van der Waals surface area contributed by atoms with Crippen molar-refractivity contribution in [2.24, 2.45) is 5.92 Å². The van der Waals surface area contributed by atoms with Gasteiger partial charge in [-0.1, -0.05) is 30.3 Å². The zero-order valence-electron chi connectivity index (χ0n) is 14.8. The van der Waals surface area contributed by atoms with E-state index in [0.717, 1.165) is 11.3 Å². The molecule has 2 atom stereocenters. The summed E-state index contributed by atoms with van der Waals surface area (Å²) in [5.74, 6) is -1.40. The summed E-state index contributed by atoms with van der Waals surface area (Å²) in [5, 5.41) is 11.5. The van der Waals surface area contributed by atoms with E-state index >= 15 is 0 Å². The Morgan fingerprint density at radius 2 is 1.81 bits per heavy atom. The number of benzene rings is 1. The van der Waals surface area contributed by atoms with Gasteiger partial charge in [-0.15, -0.1) is 0 Å². The van der Waals surface area contributed by atoms with Crippen molar-refractivity contribution in [1.29, 1.82) is 0 Å². The van der Waals surface area contributed by atoms with Gasteiger partial charge in [0.15, 0.2) is 0 Å². The molecule has 3 fully saturated rings. The fraction of sp³-hybridized carbons (Fsp3) is 0.474. The van der Waals surface area contributed by atoms with Crippen LogP contribution in [0, 0.1) is 5.92 Å². The Kier molecular flexibility index (Phi) is 4.13. The molecular weight excluding hydrogens is 350 g/mol. The number of aliphatic carboxylic acids is 1. The minimum atomic E-state index is -1.23. The molecule has 1 aromatic carbocycles. The van der Waals surface area contributed by atoms with Crippen LogP contribution >= 0.6 is 0 Å². The fourth-order valence-electron chi connectivity index (χ4n) is 4.17. The molecule has 1 aliphatic carbocycles. The predicted octanol–water partition coefficient (Wildman–Crippen LogP) is 0.788. The van der Waals surface area contributed by atoms with E-state index in [4.69, 9.17) is 5.11 Å². The summed E-state index contributed by atoms with van der Waals surface area (Å²) in [6.07, 6.45) is 1.46. The predicted molar refractivity (Wildman–Crippen MR) is 93.7 cm³/mol. The minimum absolute atomic E-state index is 0.0150. The summed E-state index contributed by atoms with van der Waals surface area (Å²) in [6.45, 7) is 0.115. The Hall–Kier alpha value is -2.90. The van der Waals surface area contributed by atoms with E-state index in [9.17, 15) is 19.2 Å². The van der Waals surface area contributed by atoms with E-state index in [1.54, 1.807) is 4.90 Å². The Balaban J connectivity index is 1.37. The Labute approximate surface area is 156 Å². The van der Waals surface area contributed by atoms with Crippen molar-refractivity contribution in [2.45, 2.75) is 30.7 Å². The maximum atomic E-state index is 12.8. The molecule has 1 spiro atoms. The molecule has 2 N–H and O–H groups in total. The van der Waals surface area contributed by atoms with Crippen LogP contribution in [0.2, 0.25) is 0 Å². The summed E-state index contributed by atoms with van der Waals surface area (Å²) in [4.78, 5) is 50.7. The number of carbonyl (C=O) groups is 4. The van der Waals surface area contributed by atoms with E-state index in [-0.39, 0.29) is 17.7 Å². The molecule has 0 unspecified atom stereocenters. The van der Waals surface area contributed by atoms with E-state index in [1.165, 1.54) is 5.56 Å². The van der Waals surface area contributed by atoms with Crippen molar-refractivity contribution >= 4 is 23.8 Å². The second kappa shape index (κ2) is 6.37. The number of imide groups is 1. The topological polar surface area (TPSA) is 107 Å². The zero-order valence-corrected chi connectivity index (χ0v) is 14.8. The third-order valence-corrected chi connectivity index (χ3v) is 5.80. The van der Waals surface area contributed by atoms with Crippen LogP contribution in [0.25, 0.3) is 0 Å². The lowest BCUT2D eigenvalue weighted by Crippen LogP contribution is -2.56. The van der Waals surface area contributed by atoms with Crippen molar-refractivity contribution < 1.29 is 24.3 Å². The number of likely N-dealkylation sites (tertiary alicyclic amines) is 1. The fourth-order valence-corrected chi connectivity index (χ4v) is 4.17. The standard InChI is InChI=1S/C19H21N3O5/c23-15(24)11-22-17(26)19(20-18(22)27)6-8-21(9-7-19)16(25)14-10-13(14)12-4-2-1-3-5-12/h1-5,13-14H,6-11H2,(H,20,27)(H,23,24)/t13-,14+/m1/s1. The molecule has 2 heterocycles. The second-order valence-corrected chi connectivity index (χ2v) is 7.48. The van der Waals surface area contributed by atoms with E-state index < -0.39 is 30.0 Å². The maximum Gasteiger partial charge on any atom is 0.325 e. The number of nitrogens with zero attached hydrogens (tertiary/aromatic N) is 2. The van der Waals surface area contributed by atoms with Gasteiger partial charge >= 0.3 is 12.0 Å². The molecule has 1 aromatic rings. The first-order valence-electron chi connectivity index (χ1n) is 9.11. The highest BCUT2D eigenvalue weighted by Crippen LogP contribution is 2.48. The highest BCUT2D eigenvalue weighted by atomic mass is 16.4. The van der Waals surface area contributed by atoms with Crippen molar-refractivity contribution in [3.63, 3.8) is 0 Å². The number of piperidine rings is 1. The smallest absolute Gasteiger partial charge is 0.325 e. The number of carboxylic acids is 1. The van der Waals surface area contributed by atoms with Gasteiger partial charge in [0.1, 0.15) is 12.1 Å². The van der Waals surface area contributed by atoms with Crippen molar-refractivity contribution in [3.8, 4) is 0 Å². The van der Waals surface area contributed by atoms with Gasteiger partial charge in [-0.05, 0) is 30.7 Å². The molecule has 4 amide bonds. The molecule has 2 aliphatic heterocycles. The first-order chi connectivity index (χ1) is 12.9. The number of urea groups is 1. The lowest BCUT2D eigenvalue weighted by atomic mass is 9.87. The monoisotopic (exact) mass is 371 g/mol. The Bertz CT molecular complexity index is 801. The maximum absolute atomic E-state index is 12.8. The van der Waals surface area contributed by atoms with Crippen molar-refractivity contribution in [3.05, 3.63) is 35.9 Å². The van der Waals surface area contributed by atoms with Crippen LogP contribution < -0.4 is 5.32 Å². The summed E-state index contributed by atoms with van der Waals surface area (Å²) in [6, 6.07) is 9.29. The van der Waals surface area contributed by atoms with Crippen molar-refractivity contribution in [1.82, 2.24) is 15.1 Å². The van der Waals surface area contributed by atoms with Crippen LogP contribution in [0.15, 0.2) is 30.3 Å². The largest absolute Gasteiger partial charge is 0.480 e. The average molecular weight is 371 g/mol. The summed E-state index contributed by atoms with van der Waals surface area (Å²) < 4.78 is 0. The van der Waals surface area contributed by atoms with Crippen LogP contribution in [-0.4, -0.2) is 63.9 Å². The average Bonchev–Trinajstić information content (AvgIpc) is 3.43. The van der Waals surface area contributed by atoms with Gasteiger partial charge in [-0.25, -0.2) is 4.79 Å². The van der Waals surface area contributed by atoms with Crippen LogP contribution in [-0.2, 0) is 14.4 Å². The molecule has 27 heavy (non-hydrogen) atoms. The molecule has 142 valence electrons. The molecule has 2 saturated heterocycles. The van der Waals surface area contributed by atoms with Crippen molar-refractivity contribution in [2.75, 3.05) is 19.6 Å². The number of hydrogen-bond donors (Lipinski definition) is 2. The van der Waals surface area contributed by atoms with Crippen LogP contribution in [0.1, 0.15) is 30.7 Å². The Morgan fingerprint density at radius 1 is 1.15 bits per heavy atom. The van der Waals surface area contributed by atoms with Crippen LogP contribution in [0.4, 0.5) is 4.79 Å². The van der Waals surface area contributed by atoms with Gasteiger partial charge in [0.05, 0.1) is 0 Å². The number of amides is 4. The first-order valence-corrected chi connectivity index (χ1v) is 9.11. The molecule has 3 aliphatic rings. The molecule has 0 bridgehead atoms. The van der Waals surface area contributed by atoms with Gasteiger partial charge in [0.2, 0.25) is 5.91 Å². The van der Waals surface area contributed by atoms with Gasteiger partial charge < -0.3 is 15.3 Å². The quantitative estimate of drug-likeness (QED) is 0.761. The molecular formula is C19H21N3O5. The number of hydrogen-bond acceptors (Lipinski definition) is 4. The van der Waals surface area contributed by atoms with Gasteiger partial charge in [0, 0.05) is 19.0 Å². The molecule has 0 radical (unpaired) electrons. The lowest BCUT2D eigenvalue weighted by molar-refractivity contribution is -0.144. The van der Waals surface area contributed by atoms with E-state index in [2.05, 4.69) is 5.32 Å². The van der Waals surface area contributed by atoms with Crippen LogP contribution in [0.3, 0.4) is 0 Å². The normalized spacial score (nSPS) is 26.2. The highest BCUT2D eigenvalue weighted by molar-refractivity contribution is 6.08. The second-order valence-electron chi connectivity index (χ2n) is 7.48. The molecule has 1 saturated carbocycles. The number of carboxylic acid groups (broad SMARTS) is 1. The van der Waals surface area contributed by atoms with Gasteiger partial charge in [0.25, 0.3) is 5.91 Å². The molecule has 8 heteroatoms. The van der Waals surface area contributed by atoms with Gasteiger partial charge in [-0.2, -0.15) is 0 Å². The third-order valence-electron chi connectivity index (χ3n) is 5.80. The van der Waals surface area contributed by atoms with E-state index in [1.807, 2.05) is 30.3 Å². The Morgan fingerprint density at radius 3 is 2.44 bits per heavy atom. The molecule has 4 rings (SSSR count). The third kappa shape index (κ3) is 3.05.